The minimum Gasteiger partial charge on any atom is -0.411 e. The quantitative estimate of drug-likeness (QED) is 0.480. The fraction of sp³-hybridized carbons (Fsp3) is 0.222. The zero-order valence-corrected chi connectivity index (χ0v) is 8.83. The molecule has 0 aliphatic carbocycles. The van der Waals surface area contributed by atoms with E-state index in [2.05, 4.69) is 5.16 Å². The van der Waals surface area contributed by atoms with Crippen LogP contribution in [0.3, 0.4) is 0 Å². The van der Waals surface area contributed by atoms with Gasteiger partial charge in [0.2, 0.25) is 0 Å². The third-order valence-electron chi connectivity index (χ3n) is 1.68. The average Bonchev–Trinajstić information content (AvgIpc) is 2.13. The Bertz CT molecular complexity index is 482. The minimum atomic E-state index is -3.31. The maximum atomic E-state index is 12.8. The van der Waals surface area contributed by atoms with Gasteiger partial charge in [-0.15, -0.1) is 0 Å². The highest BCUT2D eigenvalue weighted by Crippen LogP contribution is 2.06. The zero-order valence-electron chi connectivity index (χ0n) is 8.01. The van der Waals surface area contributed by atoms with Crippen LogP contribution in [0, 0.1) is 5.82 Å². The lowest BCUT2D eigenvalue weighted by molar-refractivity contribution is 0.319. The molecule has 0 fully saturated rings. The monoisotopic (exact) mass is 231 g/mol. The van der Waals surface area contributed by atoms with E-state index < -0.39 is 21.4 Å². The Labute approximate surface area is 87.0 Å². The van der Waals surface area contributed by atoms with Crippen molar-refractivity contribution in [1.29, 1.82) is 0 Å². The molecule has 0 atom stereocenters. The standard InChI is InChI=1S/C9H10FNO3S/c1-15(13,14)6-9(11-12)7-3-2-4-8(10)5-7/h2-5,12H,6H2,1H3/b11-9+. The SMILES string of the molecule is CS(=O)(=O)C/C(=N\O)c1cccc(F)c1. The van der Waals surface area contributed by atoms with Gasteiger partial charge < -0.3 is 5.21 Å². The van der Waals surface area contributed by atoms with Crippen LogP contribution in [0.2, 0.25) is 0 Å². The van der Waals surface area contributed by atoms with Crippen molar-refractivity contribution in [3.05, 3.63) is 35.6 Å². The highest BCUT2D eigenvalue weighted by Gasteiger charge is 2.12. The molecule has 0 unspecified atom stereocenters. The van der Waals surface area contributed by atoms with Gasteiger partial charge in [-0.2, -0.15) is 0 Å². The van der Waals surface area contributed by atoms with Gasteiger partial charge in [-0.3, -0.25) is 0 Å². The lowest BCUT2D eigenvalue weighted by atomic mass is 10.1. The van der Waals surface area contributed by atoms with E-state index in [-0.39, 0.29) is 11.3 Å². The first-order valence-corrected chi connectivity index (χ1v) is 6.13. The summed E-state index contributed by atoms with van der Waals surface area (Å²) in [7, 11) is -3.31. The second-order valence-corrected chi connectivity index (χ2v) is 5.27. The molecule has 0 heterocycles. The number of benzene rings is 1. The Hall–Kier alpha value is -1.43. The largest absolute Gasteiger partial charge is 0.411 e. The molecule has 4 nitrogen and oxygen atoms in total. The smallest absolute Gasteiger partial charge is 0.153 e. The van der Waals surface area contributed by atoms with E-state index in [1.807, 2.05) is 0 Å². The molecule has 0 radical (unpaired) electrons. The average molecular weight is 231 g/mol. The highest BCUT2D eigenvalue weighted by molar-refractivity contribution is 7.91. The summed E-state index contributed by atoms with van der Waals surface area (Å²) in [4.78, 5) is 0. The van der Waals surface area contributed by atoms with E-state index in [0.717, 1.165) is 12.3 Å². The molecule has 1 rings (SSSR count). The Morgan fingerprint density at radius 2 is 2.20 bits per heavy atom. The second-order valence-electron chi connectivity index (χ2n) is 3.13. The molecule has 15 heavy (non-hydrogen) atoms. The fourth-order valence-electron chi connectivity index (χ4n) is 1.09. The summed E-state index contributed by atoms with van der Waals surface area (Å²) in [5.41, 5.74) is 0.180. The van der Waals surface area contributed by atoms with E-state index in [1.54, 1.807) is 0 Å². The van der Waals surface area contributed by atoms with Crippen LogP contribution in [0.4, 0.5) is 4.39 Å². The van der Waals surface area contributed by atoms with Crippen LogP contribution in [0.15, 0.2) is 29.4 Å². The minimum absolute atomic E-state index is 0.0722. The number of hydrogen-bond donors (Lipinski definition) is 1. The van der Waals surface area contributed by atoms with Crippen molar-refractivity contribution in [3.63, 3.8) is 0 Å². The van der Waals surface area contributed by atoms with Crippen molar-refractivity contribution in [2.75, 3.05) is 12.0 Å². The van der Waals surface area contributed by atoms with Gasteiger partial charge in [0.25, 0.3) is 0 Å². The molecule has 0 aromatic heterocycles. The van der Waals surface area contributed by atoms with Crippen LogP contribution < -0.4 is 0 Å². The first-order valence-electron chi connectivity index (χ1n) is 4.07. The third kappa shape index (κ3) is 3.67. The van der Waals surface area contributed by atoms with Gasteiger partial charge >= 0.3 is 0 Å². The van der Waals surface area contributed by atoms with Crippen LogP contribution in [0.25, 0.3) is 0 Å². The number of sulfone groups is 1. The van der Waals surface area contributed by atoms with Gasteiger partial charge in [-0.05, 0) is 12.1 Å². The summed E-state index contributed by atoms with van der Waals surface area (Å²) < 4.78 is 34.8. The topological polar surface area (TPSA) is 66.7 Å². The van der Waals surface area contributed by atoms with Gasteiger partial charge in [0.1, 0.15) is 11.5 Å². The Balaban J connectivity index is 3.05. The molecule has 1 aromatic carbocycles. The first kappa shape index (κ1) is 11.6. The lowest BCUT2D eigenvalue weighted by Crippen LogP contribution is -2.15. The maximum Gasteiger partial charge on any atom is 0.153 e. The Morgan fingerprint density at radius 3 is 2.67 bits per heavy atom. The van der Waals surface area contributed by atoms with Crippen LogP contribution in [-0.4, -0.2) is 31.3 Å². The lowest BCUT2D eigenvalue weighted by Gasteiger charge is -2.02. The summed E-state index contributed by atoms with van der Waals surface area (Å²) in [5.74, 6) is -0.936. The highest BCUT2D eigenvalue weighted by atomic mass is 32.2. The zero-order chi connectivity index (χ0) is 11.5. The van der Waals surface area contributed by atoms with Gasteiger partial charge in [0, 0.05) is 11.8 Å². The predicted molar refractivity (Wildman–Crippen MR) is 54.4 cm³/mol. The first-order chi connectivity index (χ1) is 6.92. The van der Waals surface area contributed by atoms with E-state index in [4.69, 9.17) is 5.21 Å². The molecule has 0 saturated carbocycles. The maximum absolute atomic E-state index is 12.8. The van der Waals surface area contributed by atoms with Crippen molar-refractivity contribution < 1.29 is 18.0 Å². The third-order valence-corrected chi connectivity index (χ3v) is 2.48. The summed E-state index contributed by atoms with van der Waals surface area (Å²) in [6.45, 7) is 0. The summed E-state index contributed by atoms with van der Waals surface area (Å²) in [6, 6.07) is 5.22. The molecule has 0 saturated heterocycles. The van der Waals surface area contributed by atoms with Crippen molar-refractivity contribution >= 4 is 15.5 Å². The summed E-state index contributed by atoms with van der Waals surface area (Å²) in [5, 5.41) is 11.5. The van der Waals surface area contributed by atoms with Gasteiger partial charge in [-0.25, -0.2) is 12.8 Å². The summed E-state index contributed by atoms with van der Waals surface area (Å²) >= 11 is 0. The van der Waals surface area contributed by atoms with E-state index in [9.17, 15) is 12.8 Å². The van der Waals surface area contributed by atoms with E-state index in [0.29, 0.717) is 0 Å². The molecule has 0 bridgehead atoms. The second kappa shape index (κ2) is 4.39. The number of hydrogen-bond acceptors (Lipinski definition) is 4. The number of oxime groups is 1. The summed E-state index contributed by atoms with van der Waals surface area (Å²) in [6.07, 6.45) is 1.01. The number of halogens is 1. The van der Waals surface area contributed by atoms with Gasteiger partial charge in [0.05, 0.1) is 5.75 Å². The van der Waals surface area contributed by atoms with Crippen molar-refractivity contribution in [1.82, 2.24) is 0 Å². The molecule has 82 valence electrons. The fourth-order valence-corrected chi connectivity index (χ4v) is 1.81. The Kier molecular flexibility index (Phi) is 3.41. The molecular weight excluding hydrogens is 221 g/mol. The molecule has 1 aromatic rings. The molecule has 1 N–H and O–H groups in total. The van der Waals surface area contributed by atoms with Gasteiger partial charge in [-0.1, -0.05) is 17.3 Å². The predicted octanol–water partition coefficient (Wildman–Crippen LogP) is 1.05. The molecule has 0 spiro atoms. The normalized spacial score (nSPS) is 12.8. The van der Waals surface area contributed by atoms with Crippen LogP contribution >= 0.6 is 0 Å². The van der Waals surface area contributed by atoms with Gasteiger partial charge in [0.15, 0.2) is 9.84 Å². The van der Waals surface area contributed by atoms with Crippen molar-refractivity contribution in [2.45, 2.75) is 0 Å². The number of nitrogens with zero attached hydrogens (tertiary/aromatic N) is 1. The van der Waals surface area contributed by atoms with E-state index in [1.165, 1.54) is 18.2 Å². The van der Waals surface area contributed by atoms with E-state index >= 15 is 0 Å². The van der Waals surface area contributed by atoms with Crippen molar-refractivity contribution in [3.8, 4) is 0 Å². The molecule has 6 heteroatoms. The van der Waals surface area contributed by atoms with Crippen LogP contribution in [0.5, 0.6) is 0 Å². The van der Waals surface area contributed by atoms with Crippen LogP contribution in [0.1, 0.15) is 5.56 Å². The van der Waals surface area contributed by atoms with Crippen molar-refractivity contribution in [2.24, 2.45) is 5.16 Å². The Morgan fingerprint density at radius 1 is 1.53 bits per heavy atom. The molecular formula is C9H10FNO3S. The molecule has 0 amide bonds. The van der Waals surface area contributed by atoms with Crippen LogP contribution in [-0.2, 0) is 9.84 Å². The number of rotatable bonds is 3. The molecule has 0 aliphatic heterocycles. The molecule has 0 aliphatic rings.